The molecule has 2 aromatic carbocycles. The summed E-state index contributed by atoms with van der Waals surface area (Å²) in [5, 5.41) is 0. The molecule has 0 radical (unpaired) electrons. The summed E-state index contributed by atoms with van der Waals surface area (Å²) >= 11 is 0. The maximum absolute atomic E-state index is 5.14. The van der Waals surface area contributed by atoms with Crippen LogP contribution in [0.1, 0.15) is 185 Å². The molecule has 0 saturated carbocycles. The van der Waals surface area contributed by atoms with E-state index in [1.165, 1.54) is 158 Å². The molecule has 0 N–H and O–H groups in total. The lowest BCUT2D eigenvalue weighted by atomic mass is 9.66. The SMILES string of the molecule is CCCCCCCCCCCCCCCC(c1nccn1CCCCCCCCCC)C(C)(Cc1ccccc1)c1ccccc1. The lowest BCUT2D eigenvalue weighted by molar-refractivity contribution is 0.321. The number of aryl methyl sites for hydroxylation is 1. The molecule has 0 aliphatic carbocycles. The predicted molar refractivity (Wildman–Crippen MR) is 202 cm³/mol. The number of hydrogen-bond donors (Lipinski definition) is 0. The molecule has 0 bridgehead atoms. The third-order valence-electron chi connectivity index (χ3n) is 10.5. The van der Waals surface area contributed by atoms with Crippen molar-refractivity contribution in [2.24, 2.45) is 0 Å². The van der Waals surface area contributed by atoms with Gasteiger partial charge in [-0.3, -0.25) is 0 Å². The summed E-state index contributed by atoms with van der Waals surface area (Å²) < 4.78 is 2.52. The van der Waals surface area contributed by atoms with Gasteiger partial charge in [0.15, 0.2) is 0 Å². The Bertz CT molecular complexity index is 1100. The predicted octanol–water partition coefficient (Wildman–Crippen LogP) is 13.8. The van der Waals surface area contributed by atoms with E-state index >= 15 is 0 Å². The quantitative estimate of drug-likeness (QED) is 0.0733. The summed E-state index contributed by atoms with van der Waals surface area (Å²) in [6.45, 7) is 8.23. The van der Waals surface area contributed by atoms with E-state index in [0.29, 0.717) is 5.92 Å². The van der Waals surface area contributed by atoms with E-state index in [1.54, 1.807) is 0 Å². The number of unbranched alkanes of at least 4 members (excludes halogenated alkanes) is 19. The Labute approximate surface area is 285 Å². The van der Waals surface area contributed by atoms with E-state index < -0.39 is 0 Å². The highest BCUT2D eigenvalue weighted by molar-refractivity contribution is 5.33. The molecule has 2 nitrogen and oxygen atoms in total. The van der Waals surface area contributed by atoms with Crippen molar-refractivity contribution in [3.8, 4) is 0 Å². The van der Waals surface area contributed by atoms with Gasteiger partial charge < -0.3 is 4.57 Å². The van der Waals surface area contributed by atoms with Crippen molar-refractivity contribution >= 4 is 0 Å². The van der Waals surface area contributed by atoms with Gasteiger partial charge in [0.05, 0.1) is 0 Å². The summed E-state index contributed by atoms with van der Waals surface area (Å²) in [5.41, 5.74) is 2.84. The van der Waals surface area contributed by atoms with Crippen molar-refractivity contribution in [3.63, 3.8) is 0 Å². The minimum absolute atomic E-state index is 0.0257. The van der Waals surface area contributed by atoms with Gasteiger partial charge in [-0.05, 0) is 30.4 Å². The Morgan fingerprint density at radius 2 is 1.02 bits per heavy atom. The van der Waals surface area contributed by atoms with Crippen LogP contribution in [-0.2, 0) is 18.4 Å². The third kappa shape index (κ3) is 14.2. The van der Waals surface area contributed by atoms with Gasteiger partial charge >= 0.3 is 0 Å². The number of nitrogens with zero attached hydrogens (tertiary/aromatic N) is 2. The zero-order chi connectivity index (χ0) is 32.5. The van der Waals surface area contributed by atoms with Crippen molar-refractivity contribution in [2.75, 3.05) is 0 Å². The van der Waals surface area contributed by atoms with Crippen LogP contribution in [-0.4, -0.2) is 9.55 Å². The normalized spacial score (nSPS) is 13.5. The molecule has 1 heterocycles. The van der Waals surface area contributed by atoms with Crippen LogP contribution < -0.4 is 0 Å². The zero-order valence-corrected chi connectivity index (χ0v) is 30.4. The Morgan fingerprint density at radius 1 is 0.565 bits per heavy atom. The van der Waals surface area contributed by atoms with Gasteiger partial charge in [0.2, 0.25) is 0 Å². The lowest BCUT2D eigenvalue weighted by Gasteiger charge is -2.39. The molecule has 0 fully saturated rings. The first-order valence-corrected chi connectivity index (χ1v) is 19.8. The molecule has 0 aliphatic heterocycles. The minimum atomic E-state index is -0.0257. The van der Waals surface area contributed by atoms with Crippen LogP contribution in [0.2, 0.25) is 0 Å². The fourth-order valence-corrected chi connectivity index (χ4v) is 7.60. The van der Waals surface area contributed by atoms with Crippen molar-refractivity contribution in [1.29, 1.82) is 0 Å². The van der Waals surface area contributed by atoms with Crippen molar-refractivity contribution in [1.82, 2.24) is 9.55 Å². The molecule has 0 amide bonds. The molecule has 3 rings (SSSR count). The highest BCUT2D eigenvalue weighted by atomic mass is 15.1. The van der Waals surface area contributed by atoms with Gasteiger partial charge in [-0.25, -0.2) is 4.98 Å². The average Bonchev–Trinajstić information content (AvgIpc) is 3.54. The average molecular weight is 627 g/mol. The molecule has 46 heavy (non-hydrogen) atoms. The van der Waals surface area contributed by atoms with E-state index in [2.05, 4.69) is 98.4 Å². The molecular weight excluding hydrogens is 556 g/mol. The Morgan fingerprint density at radius 3 is 1.54 bits per heavy atom. The number of rotatable bonds is 28. The van der Waals surface area contributed by atoms with Crippen LogP contribution in [0.5, 0.6) is 0 Å². The maximum Gasteiger partial charge on any atom is 0.112 e. The smallest absolute Gasteiger partial charge is 0.112 e. The van der Waals surface area contributed by atoms with Crippen LogP contribution in [0.25, 0.3) is 0 Å². The van der Waals surface area contributed by atoms with E-state index in [4.69, 9.17) is 4.98 Å². The molecular formula is C44H70N2. The van der Waals surface area contributed by atoms with Gasteiger partial charge in [0.1, 0.15) is 5.82 Å². The summed E-state index contributed by atoms with van der Waals surface area (Å²) in [7, 11) is 0. The van der Waals surface area contributed by atoms with Crippen LogP contribution in [0.3, 0.4) is 0 Å². The largest absolute Gasteiger partial charge is 0.335 e. The summed E-state index contributed by atoms with van der Waals surface area (Å²) in [6, 6.07) is 22.5. The van der Waals surface area contributed by atoms with Crippen LogP contribution >= 0.6 is 0 Å². The van der Waals surface area contributed by atoms with E-state index in [0.717, 1.165) is 13.0 Å². The lowest BCUT2D eigenvalue weighted by Crippen LogP contribution is -2.35. The molecule has 256 valence electrons. The second-order valence-electron chi connectivity index (χ2n) is 14.5. The standard InChI is InChI=1S/C44H70N2/c1-4-6-8-10-12-14-15-16-17-18-19-21-29-35-42(43-45-36-38-46(43)37-30-22-20-13-11-9-7-5-2)44(3,41-33-27-24-28-34-41)39-40-31-25-23-26-32-40/h23-28,31-34,36,38,42H,4-22,29-30,35,37,39H2,1-3H3. The first-order chi connectivity index (χ1) is 22.7. The van der Waals surface area contributed by atoms with E-state index in [1.807, 2.05) is 0 Å². The minimum Gasteiger partial charge on any atom is -0.335 e. The summed E-state index contributed by atoms with van der Waals surface area (Å²) in [4.78, 5) is 5.14. The second kappa shape index (κ2) is 23.9. The fourth-order valence-electron chi connectivity index (χ4n) is 7.60. The number of benzene rings is 2. The first kappa shape index (κ1) is 38.1. The summed E-state index contributed by atoms with van der Waals surface area (Å²) in [6.07, 6.45) is 35.6. The molecule has 2 atom stereocenters. The molecule has 2 heteroatoms. The van der Waals surface area contributed by atoms with Crippen molar-refractivity contribution in [3.05, 3.63) is 90.0 Å². The highest BCUT2D eigenvalue weighted by Crippen LogP contribution is 2.44. The third-order valence-corrected chi connectivity index (χ3v) is 10.5. The zero-order valence-electron chi connectivity index (χ0n) is 30.4. The van der Waals surface area contributed by atoms with Gasteiger partial charge in [-0.15, -0.1) is 0 Å². The van der Waals surface area contributed by atoms with Gasteiger partial charge in [0.25, 0.3) is 0 Å². The molecule has 1 aromatic heterocycles. The van der Waals surface area contributed by atoms with Crippen molar-refractivity contribution in [2.45, 2.75) is 186 Å². The number of imidazole rings is 1. The van der Waals surface area contributed by atoms with Gasteiger partial charge in [-0.1, -0.05) is 210 Å². The molecule has 0 saturated heterocycles. The highest BCUT2D eigenvalue weighted by Gasteiger charge is 2.39. The molecule has 0 spiro atoms. The van der Waals surface area contributed by atoms with E-state index in [9.17, 15) is 0 Å². The Kier molecular flexibility index (Phi) is 19.8. The number of hydrogen-bond acceptors (Lipinski definition) is 1. The van der Waals surface area contributed by atoms with Gasteiger partial charge in [0, 0.05) is 30.3 Å². The van der Waals surface area contributed by atoms with Crippen molar-refractivity contribution < 1.29 is 0 Å². The maximum atomic E-state index is 5.14. The topological polar surface area (TPSA) is 17.8 Å². The fraction of sp³-hybridized carbons (Fsp3) is 0.659. The molecule has 0 aliphatic rings. The Balaban J connectivity index is 1.62. The monoisotopic (exact) mass is 627 g/mol. The Hall–Kier alpha value is -2.35. The summed E-state index contributed by atoms with van der Waals surface area (Å²) in [5.74, 6) is 1.69. The van der Waals surface area contributed by atoms with Gasteiger partial charge in [-0.2, -0.15) is 0 Å². The second-order valence-corrected chi connectivity index (χ2v) is 14.5. The van der Waals surface area contributed by atoms with Crippen LogP contribution in [0, 0.1) is 0 Å². The van der Waals surface area contributed by atoms with E-state index in [-0.39, 0.29) is 5.41 Å². The molecule has 3 aromatic rings. The first-order valence-electron chi connectivity index (χ1n) is 19.8. The van der Waals surface area contributed by atoms with Crippen LogP contribution in [0.4, 0.5) is 0 Å². The van der Waals surface area contributed by atoms with Crippen LogP contribution in [0.15, 0.2) is 73.1 Å². The molecule has 2 unspecified atom stereocenters. The number of aromatic nitrogens is 2.